The Morgan fingerprint density at radius 2 is 1.68 bits per heavy atom. The summed E-state index contributed by atoms with van der Waals surface area (Å²) in [5.41, 5.74) is 2.26. The van der Waals surface area contributed by atoms with Gasteiger partial charge in [-0.15, -0.1) is 0 Å². The lowest BCUT2D eigenvalue weighted by Gasteiger charge is -2.39. The summed E-state index contributed by atoms with van der Waals surface area (Å²) in [6.07, 6.45) is 13.3. The third kappa shape index (κ3) is 4.21. The normalized spacial score (nSPS) is 27.1. The lowest BCUT2D eigenvalue weighted by atomic mass is 9.70. The fourth-order valence-corrected chi connectivity index (χ4v) is 3.46. The topological polar surface area (TPSA) is 20.2 Å². The van der Waals surface area contributed by atoms with Crippen molar-refractivity contribution < 1.29 is 5.11 Å². The molecule has 1 rings (SSSR count). The van der Waals surface area contributed by atoms with Gasteiger partial charge in [-0.25, -0.2) is 0 Å². The van der Waals surface area contributed by atoms with Gasteiger partial charge in [-0.3, -0.25) is 0 Å². The molecule has 0 heterocycles. The quantitative estimate of drug-likeness (QED) is 0.622. The van der Waals surface area contributed by atoms with E-state index in [1.54, 1.807) is 0 Å². The van der Waals surface area contributed by atoms with Gasteiger partial charge in [0.25, 0.3) is 0 Å². The van der Waals surface area contributed by atoms with Gasteiger partial charge in [0, 0.05) is 5.92 Å². The Morgan fingerprint density at radius 1 is 1.00 bits per heavy atom. The Hall–Kier alpha value is -0.560. The predicted molar refractivity (Wildman–Crippen MR) is 84.2 cm³/mol. The number of hydrogen-bond donors (Lipinski definition) is 1. The van der Waals surface area contributed by atoms with Gasteiger partial charge in [0.1, 0.15) is 0 Å². The van der Waals surface area contributed by atoms with Crippen LogP contribution < -0.4 is 0 Å². The van der Waals surface area contributed by atoms with Crippen LogP contribution in [0.15, 0.2) is 23.3 Å². The monoisotopic (exact) mass is 264 g/mol. The van der Waals surface area contributed by atoms with E-state index in [0.717, 1.165) is 44.9 Å². The number of rotatable bonds is 8. The van der Waals surface area contributed by atoms with Crippen LogP contribution in [0.2, 0.25) is 0 Å². The molecule has 1 heteroatoms. The zero-order valence-corrected chi connectivity index (χ0v) is 13.3. The molecule has 110 valence electrons. The highest BCUT2D eigenvalue weighted by molar-refractivity contribution is 5.36. The Morgan fingerprint density at radius 3 is 2.21 bits per heavy atom. The molecular formula is C18H32O. The van der Waals surface area contributed by atoms with Crippen molar-refractivity contribution in [2.24, 2.45) is 5.92 Å². The van der Waals surface area contributed by atoms with Crippen LogP contribution in [0.3, 0.4) is 0 Å². The highest BCUT2D eigenvalue weighted by Crippen LogP contribution is 2.41. The number of allylic oxidation sites excluding steroid dienone is 2. The van der Waals surface area contributed by atoms with Gasteiger partial charge in [0.2, 0.25) is 0 Å². The third-order valence-corrected chi connectivity index (χ3v) is 4.16. The van der Waals surface area contributed by atoms with Crippen molar-refractivity contribution in [2.45, 2.75) is 84.7 Å². The second-order valence-electron chi connectivity index (χ2n) is 6.02. The SMILES string of the molecule is CCCC1=CC(O)(CCC)C(CCC)C(CCC)=C1. The van der Waals surface area contributed by atoms with E-state index in [4.69, 9.17) is 0 Å². The van der Waals surface area contributed by atoms with Gasteiger partial charge in [-0.05, 0) is 37.3 Å². The van der Waals surface area contributed by atoms with Gasteiger partial charge in [0.15, 0.2) is 0 Å². The van der Waals surface area contributed by atoms with Gasteiger partial charge in [-0.1, -0.05) is 65.0 Å². The van der Waals surface area contributed by atoms with E-state index in [9.17, 15) is 5.11 Å². The van der Waals surface area contributed by atoms with Crippen LogP contribution in [0.4, 0.5) is 0 Å². The molecule has 0 radical (unpaired) electrons. The Labute approximate surface area is 119 Å². The molecule has 0 aliphatic heterocycles. The molecule has 1 N–H and O–H groups in total. The van der Waals surface area contributed by atoms with Crippen LogP contribution in [0.1, 0.15) is 79.1 Å². The molecule has 0 spiro atoms. The maximum Gasteiger partial charge on any atom is 0.0898 e. The highest BCUT2D eigenvalue weighted by Gasteiger charge is 2.37. The Balaban J connectivity index is 3.06. The fraction of sp³-hybridized carbons (Fsp3) is 0.778. The summed E-state index contributed by atoms with van der Waals surface area (Å²) in [5, 5.41) is 11.1. The molecule has 0 fully saturated rings. The van der Waals surface area contributed by atoms with Crippen molar-refractivity contribution in [3.63, 3.8) is 0 Å². The molecule has 0 aromatic heterocycles. The average Bonchev–Trinajstić information content (AvgIpc) is 2.35. The van der Waals surface area contributed by atoms with Crippen LogP contribution >= 0.6 is 0 Å². The van der Waals surface area contributed by atoms with E-state index in [-0.39, 0.29) is 0 Å². The first kappa shape index (κ1) is 16.5. The van der Waals surface area contributed by atoms with E-state index < -0.39 is 5.60 Å². The first-order valence-electron chi connectivity index (χ1n) is 8.25. The molecule has 0 saturated carbocycles. The third-order valence-electron chi connectivity index (χ3n) is 4.16. The minimum absolute atomic E-state index is 0.345. The van der Waals surface area contributed by atoms with Crippen molar-refractivity contribution >= 4 is 0 Å². The Bertz CT molecular complexity index is 327. The van der Waals surface area contributed by atoms with E-state index in [1.165, 1.54) is 17.6 Å². The first-order valence-corrected chi connectivity index (χ1v) is 8.25. The van der Waals surface area contributed by atoms with E-state index >= 15 is 0 Å². The molecule has 0 saturated heterocycles. The maximum absolute atomic E-state index is 11.1. The van der Waals surface area contributed by atoms with Crippen molar-refractivity contribution in [2.75, 3.05) is 0 Å². The largest absolute Gasteiger partial charge is 0.385 e. The van der Waals surface area contributed by atoms with Gasteiger partial charge in [0.05, 0.1) is 5.60 Å². The zero-order valence-electron chi connectivity index (χ0n) is 13.3. The van der Waals surface area contributed by atoms with Crippen molar-refractivity contribution in [3.05, 3.63) is 23.3 Å². The molecule has 0 amide bonds. The molecule has 0 aromatic rings. The fourth-order valence-electron chi connectivity index (χ4n) is 3.46. The van der Waals surface area contributed by atoms with Crippen molar-refractivity contribution in [1.82, 2.24) is 0 Å². The average molecular weight is 264 g/mol. The first-order chi connectivity index (χ1) is 9.11. The lowest BCUT2D eigenvalue weighted by Crippen LogP contribution is -2.39. The van der Waals surface area contributed by atoms with E-state index in [1.807, 2.05) is 0 Å². The summed E-state index contributed by atoms with van der Waals surface area (Å²) in [6, 6.07) is 0. The van der Waals surface area contributed by atoms with Crippen LogP contribution in [0.25, 0.3) is 0 Å². The second kappa shape index (κ2) is 7.89. The van der Waals surface area contributed by atoms with Crippen LogP contribution in [-0.2, 0) is 0 Å². The lowest BCUT2D eigenvalue weighted by molar-refractivity contribution is 0.0260. The second-order valence-corrected chi connectivity index (χ2v) is 6.02. The minimum atomic E-state index is -0.589. The summed E-state index contributed by atoms with van der Waals surface area (Å²) >= 11 is 0. The van der Waals surface area contributed by atoms with Crippen molar-refractivity contribution in [1.29, 1.82) is 0 Å². The van der Waals surface area contributed by atoms with Crippen LogP contribution in [0, 0.1) is 5.92 Å². The molecule has 1 nitrogen and oxygen atoms in total. The molecule has 1 aliphatic carbocycles. The smallest absolute Gasteiger partial charge is 0.0898 e. The zero-order chi connectivity index (χ0) is 14.3. The molecule has 19 heavy (non-hydrogen) atoms. The molecule has 0 bridgehead atoms. The van der Waals surface area contributed by atoms with E-state index in [2.05, 4.69) is 39.8 Å². The summed E-state index contributed by atoms with van der Waals surface area (Å²) in [4.78, 5) is 0. The van der Waals surface area contributed by atoms with Gasteiger partial charge in [-0.2, -0.15) is 0 Å². The highest BCUT2D eigenvalue weighted by atomic mass is 16.3. The molecule has 0 aromatic carbocycles. The molecule has 1 aliphatic rings. The van der Waals surface area contributed by atoms with Crippen molar-refractivity contribution in [3.8, 4) is 0 Å². The summed E-state index contributed by atoms with van der Waals surface area (Å²) in [5.74, 6) is 0.345. The maximum atomic E-state index is 11.1. The summed E-state index contributed by atoms with van der Waals surface area (Å²) in [7, 11) is 0. The van der Waals surface area contributed by atoms with Crippen LogP contribution in [-0.4, -0.2) is 10.7 Å². The van der Waals surface area contributed by atoms with Gasteiger partial charge >= 0.3 is 0 Å². The standard InChI is InChI=1S/C18H32O/c1-5-9-15-13-16(10-6-2)17(11-7-3)18(19,14-15)12-8-4/h13-14,17,19H,5-12H2,1-4H3. The number of hydrogen-bond acceptors (Lipinski definition) is 1. The van der Waals surface area contributed by atoms with E-state index in [0.29, 0.717) is 5.92 Å². The predicted octanol–water partition coefficient (Wildman–Crippen LogP) is 5.40. The Kier molecular flexibility index (Phi) is 6.85. The molecular weight excluding hydrogens is 232 g/mol. The molecule has 2 atom stereocenters. The molecule has 2 unspecified atom stereocenters. The number of aliphatic hydroxyl groups is 1. The van der Waals surface area contributed by atoms with Crippen LogP contribution in [0.5, 0.6) is 0 Å². The minimum Gasteiger partial charge on any atom is -0.385 e. The summed E-state index contributed by atoms with van der Waals surface area (Å²) in [6.45, 7) is 8.85. The summed E-state index contributed by atoms with van der Waals surface area (Å²) < 4.78 is 0. The van der Waals surface area contributed by atoms with Gasteiger partial charge < -0.3 is 5.11 Å².